The Balaban J connectivity index is 1.68. The first-order valence-corrected chi connectivity index (χ1v) is 8.60. The SMILES string of the molecule is O=C([O-])N1CCC2(CCN(Cc3cc(Cl)ccc3C(F)(F)F)C2)CC1. The van der Waals surface area contributed by atoms with Gasteiger partial charge >= 0.3 is 6.18 Å². The molecule has 0 aromatic heterocycles. The molecule has 0 saturated carbocycles. The molecule has 0 aliphatic carbocycles. The molecular weight excluding hydrogens is 357 g/mol. The van der Waals surface area contributed by atoms with Crippen molar-refractivity contribution in [2.75, 3.05) is 26.2 Å². The zero-order valence-corrected chi connectivity index (χ0v) is 14.4. The number of halogens is 4. The summed E-state index contributed by atoms with van der Waals surface area (Å²) < 4.78 is 39.6. The molecule has 138 valence electrons. The van der Waals surface area contributed by atoms with Crippen molar-refractivity contribution in [2.45, 2.75) is 32.0 Å². The van der Waals surface area contributed by atoms with Gasteiger partial charge in [0.2, 0.25) is 0 Å². The van der Waals surface area contributed by atoms with Crippen LogP contribution in [0.25, 0.3) is 0 Å². The van der Waals surface area contributed by atoms with E-state index in [-0.39, 0.29) is 17.5 Å². The van der Waals surface area contributed by atoms with E-state index in [0.717, 1.165) is 25.3 Å². The normalized spacial score (nSPS) is 21.0. The van der Waals surface area contributed by atoms with E-state index in [4.69, 9.17) is 11.6 Å². The summed E-state index contributed by atoms with van der Waals surface area (Å²) in [6, 6.07) is 3.67. The molecule has 1 aromatic rings. The fraction of sp³-hybridized carbons (Fsp3) is 0.588. The summed E-state index contributed by atoms with van der Waals surface area (Å²) in [5.74, 6) is 0. The largest absolute Gasteiger partial charge is 0.530 e. The summed E-state index contributed by atoms with van der Waals surface area (Å²) in [5.41, 5.74) is -0.475. The van der Waals surface area contributed by atoms with Crippen LogP contribution in [0.2, 0.25) is 5.02 Å². The van der Waals surface area contributed by atoms with Crippen LogP contribution in [0, 0.1) is 5.41 Å². The van der Waals surface area contributed by atoms with E-state index < -0.39 is 17.8 Å². The van der Waals surface area contributed by atoms with Crippen molar-refractivity contribution in [3.63, 3.8) is 0 Å². The summed E-state index contributed by atoms with van der Waals surface area (Å²) in [6.45, 7) is 2.44. The minimum Gasteiger partial charge on any atom is -0.530 e. The molecule has 2 heterocycles. The minimum atomic E-state index is -4.41. The van der Waals surface area contributed by atoms with Crippen LogP contribution in [-0.4, -0.2) is 42.1 Å². The second kappa shape index (κ2) is 6.68. The van der Waals surface area contributed by atoms with Gasteiger partial charge in [-0.15, -0.1) is 0 Å². The van der Waals surface area contributed by atoms with Crippen molar-refractivity contribution in [1.29, 1.82) is 0 Å². The molecular formula is C17H19ClF3N2O2-. The van der Waals surface area contributed by atoms with E-state index in [1.54, 1.807) is 0 Å². The van der Waals surface area contributed by atoms with Crippen LogP contribution in [0.15, 0.2) is 18.2 Å². The highest BCUT2D eigenvalue weighted by atomic mass is 35.5. The number of alkyl halides is 3. The number of rotatable bonds is 2. The molecule has 0 radical (unpaired) electrons. The monoisotopic (exact) mass is 375 g/mol. The lowest BCUT2D eigenvalue weighted by Crippen LogP contribution is -2.49. The molecule has 3 rings (SSSR count). The second-order valence-corrected chi connectivity index (χ2v) is 7.45. The summed E-state index contributed by atoms with van der Waals surface area (Å²) in [6.07, 6.45) is -3.25. The summed E-state index contributed by atoms with van der Waals surface area (Å²) >= 11 is 5.89. The van der Waals surface area contributed by atoms with Gasteiger partial charge in [0.05, 0.1) is 5.56 Å². The van der Waals surface area contributed by atoms with Crippen LogP contribution >= 0.6 is 11.6 Å². The lowest BCUT2D eigenvalue weighted by molar-refractivity contribution is -0.267. The molecule has 2 saturated heterocycles. The average Bonchev–Trinajstić information content (AvgIpc) is 2.89. The Morgan fingerprint density at radius 2 is 1.84 bits per heavy atom. The molecule has 2 aliphatic rings. The molecule has 1 spiro atoms. The van der Waals surface area contributed by atoms with Crippen molar-refractivity contribution in [3.05, 3.63) is 34.3 Å². The summed E-state index contributed by atoms with van der Waals surface area (Å²) in [7, 11) is 0. The fourth-order valence-electron chi connectivity index (χ4n) is 3.95. The topological polar surface area (TPSA) is 46.6 Å². The van der Waals surface area contributed by atoms with Crippen molar-refractivity contribution in [2.24, 2.45) is 5.41 Å². The Hall–Kier alpha value is -1.47. The van der Waals surface area contributed by atoms with Crippen molar-refractivity contribution in [1.82, 2.24) is 9.80 Å². The predicted molar refractivity (Wildman–Crippen MR) is 85.0 cm³/mol. The van der Waals surface area contributed by atoms with Crippen LogP contribution in [-0.2, 0) is 12.7 Å². The first-order valence-electron chi connectivity index (χ1n) is 8.22. The van der Waals surface area contributed by atoms with Gasteiger partial charge in [-0.25, -0.2) is 0 Å². The van der Waals surface area contributed by atoms with E-state index in [9.17, 15) is 23.1 Å². The molecule has 0 bridgehead atoms. The van der Waals surface area contributed by atoms with Gasteiger partial charge in [-0.1, -0.05) is 11.6 Å². The smallest absolute Gasteiger partial charge is 0.416 e. The number of carbonyl (C=O) groups excluding carboxylic acids is 1. The Morgan fingerprint density at radius 1 is 1.20 bits per heavy atom. The number of hydrogen-bond donors (Lipinski definition) is 0. The number of amides is 1. The highest BCUT2D eigenvalue weighted by molar-refractivity contribution is 6.30. The number of nitrogens with zero attached hydrogens (tertiary/aromatic N) is 2. The molecule has 8 heteroatoms. The van der Waals surface area contributed by atoms with Gasteiger partial charge in [-0.05, 0) is 55.0 Å². The van der Waals surface area contributed by atoms with Crippen LogP contribution < -0.4 is 5.11 Å². The Bertz CT molecular complexity index is 658. The fourth-order valence-corrected chi connectivity index (χ4v) is 4.14. The highest BCUT2D eigenvalue weighted by Gasteiger charge is 2.41. The third-order valence-corrected chi connectivity index (χ3v) is 5.60. The summed E-state index contributed by atoms with van der Waals surface area (Å²) in [4.78, 5) is 14.2. The van der Waals surface area contributed by atoms with E-state index >= 15 is 0 Å². The van der Waals surface area contributed by atoms with Crippen molar-refractivity contribution >= 4 is 17.7 Å². The first kappa shape index (κ1) is 18.3. The highest BCUT2D eigenvalue weighted by Crippen LogP contribution is 2.41. The van der Waals surface area contributed by atoms with Gasteiger partial charge in [-0.3, -0.25) is 4.90 Å². The van der Waals surface area contributed by atoms with Crippen LogP contribution in [0.1, 0.15) is 30.4 Å². The zero-order valence-electron chi connectivity index (χ0n) is 13.6. The van der Waals surface area contributed by atoms with E-state index in [0.29, 0.717) is 31.2 Å². The van der Waals surface area contributed by atoms with Gasteiger partial charge in [0, 0.05) is 31.2 Å². The Labute approximate surface area is 149 Å². The summed E-state index contributed by atoms with van der Waals surface area (Å²) in [5, 5.41) is 11.2. The third kappa shape index (κ3) is 4.03. The lowest BCUT2D eigenvalue weighted by Gasteiger charge is -2.40. The molecule has 2 aliphatic heterocycles. The minimum absolute atomic E-state index is 0.0110. The second-order valence-electron chi connectivity index (χ2n) is 7.01. The van der Waals surface area contributed by atoms with Gasteiger partial charge in [0.15, 0.2) is 0 Å². The van der Waals surface area contributed by atoms with Gasteiger partial charge in [-0.2, -0.15) is 13.2 Å². The molecule has 0 N–H and O–H groups in total. The van der Waals surface area contributed by atoms with Crippen molar-refractivity contribution in [3.8, 4) is 0 Å². The zero-order chi connectivity index (χ0) is 18.2. The van der Waals surface area contributed by atoms with E-state index in [1.165, 1.54) is 17.0 Å². The standard InChI is InChI=1S/C17H20ClF3N2O2/c18-13-1-2-14(17(19,20)21)12(9-13)10-22-6-3-16(11-22)4-7-23(8-5-16)15(24)25/h1-2,9H,3-8,10-11H2,(H,24,25)/p-1. The molecule has 2 fully saturated rings. The van der Waals surface area contributed by atoms with E-state index in [1.807, 2.05) is 4.90 Å². The number of carbonyl (C=O) groups is 1. The predicted octanol–water partition coefficient (Wildman–Crippen LogP) is 2.99. The van der Waals surface area contributed by atoms with Crippen LogP contribution in [0.4, 0.5) is 18.0 Å². The van der Waals surface area contributed by atoms with Gasteiger partial charge in [0.25, 0.3) is 0 Å². The Kier molecular flexibility index (Phi) is 4.90. The molecule has 25 heavy (non-hydrogen) atoms. The Morgan fingerprint density at radius 3 is 2.44 bits per heavy atom. The van der Waals surface area contributed by atoms with Gasteiger partial charge in [0.1, 0.15) is 6.09 Å². The first-order chi connectivity index (χ1) is 11.7. The number of hydrogen-bond acceptors (Lipinski definition) is 3. The number of piperidine rings is 1. The lowest BCUT2D eigenvalue weighted by atomic mass is 9.78. The maximum Gasteiger partial charge on any atom is 0.416 e. The molecule has 1 aromatic carbocycles. The third-order valence-electron chi connectivity index (χ3n) is 5.37. The van der Waals surface area contributed by atoms with Crippen molar-refractivity contribution < 1.29 is 23.1 Å². The number of likely N-dealkylation sites (tertiary alicyclic amines) is 2. The van der Waals surface area contributed by atoms with Crippen LogP contribution in [0.3, 0.4) is 0 Å². The number of benzene rings is 1. The van der Waals surface area contributed by atoms with E-state index in [2.05, 4.69) is 0 Å². The van der Waals surface area contributed by atoms with Crippen LogP contribution in [0.5, 0.6) is 0 Å². The maximum atomic E-state index is 13.2. The molecule has 0 atom stereocenters. The average molecular weight is 376 g/mol. The molecule has 4 nitrogen and oxygen atoms in total. The molecule has 0 unspecified atom stereocenters. The maximum absolute atomic E-state index is 13.2. The quantitative estimate of drug-likeness (QED) is 0.798. The molecule has 1 amide bonds. The number of carboxylic acid groups (broad SMARTS) is 1. The van der Waals surface area contributed by atoms with Gasteiger partial charge < -0.3 is 14.8 Å².